The molecular formula is C15H24O2. The zero-order chi connectivity index (χ0) is 12.7. The predicted molar refractivity (Wildman–Crippen MR) is 71.5 cm³/mol. The molecule has 0 unspecified atom stereocenters. The highest BCUT2D eigenvalue weighted by Gasteiger charge is 2.08. The molecule has 1 rings (SSSR count). The Morgan fingerprint density at radius 1 is 1.12 bits per heavy atom. The van der Waals surface area contributed by atoms with E-state index >= 15 is 0 Å². The molecule has 0 radical (unpaired) electrons. The van der Waals surface area contributed by atoms with Crippen molar-refractivity contribution in [2.24, 2.45) is 5.41 Å². The van der Waals surface area contributed by atoms with Crippen LogP contribution in [0.3, 0.4) is 0 Å². The minimum atomic E-state index is 0.259. The second kappa shape index (κ2) is 6.53. The van der Waals surface area contributed by atoms with Crippen molar-refractivity contribution in [3.05, 3.63) is 24.3 Å². The van der Waals surface area contributed by atoms with E-state index in [0.717, 1.165) is 18.8 Å². The highest BCUT2D eigenvalue weighted by molar-refractivity contribution is 5.31. The summed E-state index contributed by atoms with van der Waals surface area (Å²) in [6.45, 7) is 7.55. The molecule has 1 aromatic carbocycles. The maximum absolute atomic E-state index is 9.26. The number of aromatic hydroxyl groups is 1. The molecule has 0 aliphatic rings. The summed E-state index contributed by atoms with van der Waals surface area (Å²) in [5.41, 5.74) is 0.437. The highest BCUT2D eigenvalue weighted by Crippen LogP contribution is 2.22. The molecule has 2 heteroatoms. The SMILES string of the molecule is CC(C)(C)CCCCCOc1cccc(O)c1. The van der Waals surface area contributed by atoms with Crippen molar-refractivity contribution < 1.29 is 9.84 Å². The number of rotatable bonds is 6. The number of hydrogen-bond acceptors (Lipinski definition) is 2. The number of hydrogen-bond donors (Lipinski definition) is 1. The van der Waals surface area contributed by atoms with Crippen molar-refractivity contribution >= 4 is 0 Å². The molecule has 0 atom stereocenters. The molecule has 0 spiro atoms. The van der Waals surface area contributed by atoms with Crippen molar-refractivity contribution in [2.45, 2.75) is 46.5 Å². The van der Waals surface area contributed by atoms with Gasteiger partial charge in [0.2, 0.25) is 0 Å². The van der Waals surface area contributed by atoms with Crippen LogP contribution in [0, 0.1) is 5.41 Å². The van der Waals surface area contributed by atoms with Crippen LogP contribution in [0.15, 0.2) is 24.3 Å². The summed E-state index contributed by atoms with van der Waals surface area (Å²) in [7, 11) is 0. The lowest BCUT2D eigenvalue weighted by molar-refractivity contribution is 0.293. The molecule has 0 fully saturated rings. The standard InChI is InChI=1S/C15H24O2/c1-15(2,3)10-5-4-6-11-17-14-9-7-8-13(16)12-14/h7-9,12,16H,4-6,10-11H2,1-3H3. The number of unbranched alkanes of at least 4 members (excludes halogenated alkanes) is 2. The quantitative estimate of drug-likeness (QED) is 0.743. The van der Waals surface area contributed by atoms with Crippen molar-refractivity contribution in [3.8, 4) is 11.5 Å². The third-order valence-electron chi connectivity index (χ3n) is 2.66. The third-order valence-corrected chi connectivity index (χ3v) is 2.66. The van der Waals surface area contributed by atoms with Gasteiger partial charge in [-0.15, -0.1) is 0 Å². The fourth-order valence-electron chi connectivity index (χ4n) is 1.70. The van der Waals surface area contributed by atoms with Gasteiger partial charge >= 0.3 is 0 Å². The highest BCUT2D eigenvalue weighted by atomic mass is 16.5. The van der Waals surface area contributed by atoms with Crippen molar-refractivity contribution in [2.75, 3.05) is 6.61 Å². The molecule has 0 amide bonds. The average Bonchev–Trinajstić information content (AvgIpc) is 2.22. The van der Waals surface area contributed by atoms with Gasteiger partial charge in [-0.2, -0.15) is 0 Å². The van der Waals surface area contributed by atoms with Crippen LogP contribution in [0.2, 0.25) is 0 Å². The van der Waals surface area contributed by atoms with Gasteiger partial charge in [-0.1, -0.05) is 39.7 Å². The Labute approximate surface area is 105 Å². The van der Waals surface area contributed by atoms with Crippen LogP contribution in [0.4, 0.5) is 0 Å². The minimum absolute atomic E-state index is 0.259. The maximum atomic E-state index is 9.26. The van der Waals surface area contributed by atoms with Crippen LogP contribution >= 0.6 is 0 Å². The molecule has 0 saturated carbocycles. The molecule has 0 aliphatic carbocycles. The van der Waals surface area contributed by atoms with E-state index in [2.05, 4.69) is 20.8 Å². The minimum Gasteiger partial charge on any atom is -0.508 e. The van der Waals surface area contributed by atoms with E-state index in [1.54, 1.807) is 18.2 Å². The predicted octanol–water partition coefficient (Wildman–Crippen LogP) is 4.38. The van der Waals surface area contributed by atoms with Crippen LogP contribution < -0.4 is 4.74 Å². The van der Waals surface area contributed by atoms with Gasteiger partial charge in [0, 0.05) is 6.07 Å². The smallest absolute Gasteiger partial charge is 0.122 e. The van der Waals surface area contributed by atoms with E-state index in [0.29, 0.717) is 5.41 Å². The molecular weight excluding hydrogens is 212 g/mol. The van der Waals surface area contributed by atoms with Gasteiger partial charge in [-0.05, 0) is 30.4 Å². The Kier molecular flexibility index (Phi) is 5.33. The van der Waals surface area contributed by atoms with Crippen LogP contribution in [0.1, 0.15) is 46.5 Å². The summed E-state index contributed by atoms with van der Waals surface area (Å²) in [6.07, 6.45) is 4.80. The molecule has 0 heterocycles. The molecule has 0 bridgehead atoms. The summed E-state index contributed by atoms with van der Waals surface area (Å²) in [5.74, 6) is 1.01. The maximum Gasteiger partial charge on any atom is 0.122 e. The van der Waals surface area contributed by atoms with Crippen LogP contribution in [0.25, 0.3) is 0 Å². The Balaban J connectivity index is 2.09. The van der Waals surface area contributed by atoms with Gasteiger partial charge in [0.15, 0.2) is 0 Å². The first-order valence-corrected chi connectivity index (χ1v) is 6.39. The molecule has 0 aromatic heterocycles. The van der Waals surface area contributed by atoms with Crippen LogP contribution in [0.5, 0.6) is 11.5 Å². The van der Waals surface area contributed by atoms with E-state index in [1.165, 1.54) is 19.3 Å². The van der Waals surface area contributed by atoms with Gasteiger partial charge < -0.3 is 9.84 Å². The second-order valence-corrected chi connectivity index (χ2v) is 5.72. The van der Waals surface area contributed by atoms with Crippen LogP contribution in [-0.4, -0.2) is 11.7 Å². The van der Waals surface area contributed by atoms with E-state index in [-0.39, 0.29) is 5.75 Å². The molecule has 1 aromatic rings. The van der Waals surface area contributed by atoms with Gasteiger partial charge in [-0.3, -0.25) is 0 Å². The number of phenols is 1. The lowest BCUT2D eigenvalue weighted by atomic mass is 9.89. The average molecular weight is 236 g/mol. The van der Waals surface area contributed by atoms with Gasteiger partial charge in [0.25, 0.3) is 0 Å². The van der Waals surface area contributed by atoms with Gasteiger partial charge in [0.1, 0.15) is 11.5 Å². The third kappa shape index (κ3) is 6.88. The summed E-state index contributed by atoms with van der Waals surface area (Å²) >= 11 is 0. The van der Waals surface area contributed by atoms with E-state index < -0.39 is 0 Å². The van der Waals surface area contributed by atoms with Gasteiger partial charge in [0.05, 0.1) is 6.61 Å². The number of ether oxygens (including phenoxy) is 1. The van der Waals surface area contributed by atoms with Crippen molar-refractivity contribution in [1.29, 1.82) is 0 Å². The first-order valence-electron chi connectivity index (χ1n) is 6.39. The molecule has 0 saturated heterocycles. The summed E-state index contributed by atoms with van der Waals surface area (Å²) in [4.78, 5) is 0. The number of benzene rings is 1. The first-order chi connectivity index (χ1) is 7.97. The molecule has 17 heavy (non-hydrogen) atoms. The summed E-state index contributed by atoms with van der Waals surface area (Å²) in [5, 5.41) is 9.26. The first kappa shape index (κ1) is 13.9. The lowest BCUT2D eigenvalue weighted by Gasteiger charge is -2.17. The number of phenolic OH excluding ortho intramolecular Hbond substituents is 1. The topological polar surface area (TPSA) is 29.5 Å². The normalized spacial score (nSPS) is 11.5. The fraction of sp³-hybridized carbons (Fsp3) is 0.600. The van der Waals surface area contributed by atoms with E-state index in [4.69, 9.17) is 4.74 Å². The molecule has 1 N–H and O–H groups in total. The van der Waals surface area contributed by atoms with Crippen LogP contribution in [-0.2, 0) is 0 Å². The van der Waals surface area contributed by atoms with E-state index in [1.807, 2.05) is 6.07 Å². The largest absolute Gasteiger partial charge is 0.508 e. The summed E-state index contributed by atoms with van der Waals surface area (Å²) in [6, 6.07) is 6.96. The molecule has 2 nitrogen and oxygen atoms in total. The fourth-order valence-corrected chi connectivity index (χ4v) is 1.70. The monoisotopic (exact) mass is 236 g/mol. The Morgan fingerprint density at radius 3 is 2.53 bits per heavy atom. The lowest BCUT2D eigenvalue weighted by Crippen LogP contribution is -2.04. The van der Waals surface area contributed by atoms with E-state index in [9.17, 15) is 5.11 Å². The second-order valence-electron chi connectivity index (χ2n) is 5.72. The Hall–Kier alpha value is -1.18. The zero-order valence-electron chi connectivity index (χ0n) is 11.2. The Morgan fingerprint density at radius 2 is 1.88 bits per heavy atom. The Bertz CT molecular complexity index is 326. The van der Waals surface area contributed by atoms with Crippen molar-refractivity contribution in [1.82, 2.24) is 0 Å². The summed E-state index contributed by atoms with van der Waals surface area (Å²) < 4.78 is 5.56. The molecule has 0 aliphatic heterocycles. The zero-order valence-corrected chi connectivity index (χ0v) is 11.2. The van der Waals surface area contributed by atoms with Crippen molar-refractivity contribution in [3.63, 3.8) is 0 Å². The molecule has 96 valence electrons. The van der Waals surface area contributed by atoms with Gasteiger partial charge in [-0.25, -0.2) is 0 Å².